The summed E-state index contributed by atoms with van der Waals surface area (Å²) in [4.78, 5) is 22.1. The molecule has 0 aliphatic rings. The van der Waals surface area contributed by atoms with Crippen LogP contribution in [0.3, 0.4) is 0 Å². The van der Waals surface area contributed by atoms with Crippen LogP contribution in [0.4, 0.5) is 0 Å². The zero-order valence-electron chi connectivity index (χ0n) is 15.1. The number of carbonyl (C=O) groups excluding carboxylic acids is 1. The van der Waals surface area contributed by atoms with Gasteiger partial charge in [-0.15, -0.1) is 0 Å². The molecule has 1 aromatic rings. The van der Waals surface area contributed by atoms with Crippen LogP contribution < -0.4 is 14.2 Å². The first-order chi connectivity index (χ1) is 11.6. The number of unbranched alkanes of at least 4 members (excludes halogenated alkanes) is 3. The Balaban J connectivity index is 2.64. The lowest BCUT2D eigenvalue weighted by Crippen LogP contribution is -2.09. The molecule has 0 unspecified atom stereocenters. The third-order valence-corrected chi connectivity index (χ3v) is 3.54. The number of methoxy groups -OCH3 is 3. The first kappa shape index (κ1) is 20.1. The van der Waals surface area contributed by atoms with Crippen molar-refractivity contribution in [3.63, 3.8) is 0 Å². The predicted octanol–water partition coefficient (Wildman–Crippen LogP) is 4.32. The van der Waals surface area contributed by atoms with Gasteiger partial charge >= 0.3 is 5.97 Å². The number of ether oxygens (including phenoxy) is 3. The van der Waals surface area contributed by atoms with Crippen molar-refractivity contribution in [1.29, 1.82) is 0 Å². The second kappa shape index (κ2) is 10.8. The molecule has 0 aliphatic carbocycles. The molecule has 0 atom stereocenters. The van der Waals surface area contributed by atoms with E-state index < -0.39 is 5.97 Å². The fraction of sp³-hybridized carbons (Fsp3) is 0.556. The maximum atomic E-state index is 12.1. The molecule has 0 heterocycles. The van der Waals surface area contributed by atoms with Crippen molar-refractivity contribution in [2.24, 2.45) is 0 Å². The zero-order valence-corrected chi connectivity index (χ0v) is 15.1. The molecule has 0 fully saturated rings. The van der Waals surface area contributed by atoms with E-state index in [1.165, 1.54) is 46.3 Å². The largest absolute Gasteiger partial charge is 0.493 e. The highest BCUT2D eigenvalue weighted by molar-refractivity contribution is 5.90. The average Bonchev–Trinajstić information content (AvgIpc) is 2.61. The van der Waals surface area contributed by atoms with Gasteiger partial charge in [0.1, 0.15) is 6.10 Å². The Hall–Kier alpha value is -1.95. The number of carbonyl (C=O) groups is 1. The van der Waals surface area contributed by atoms with E-state index >= 15 is 0 Å². The highest BCUT2D eigenvalue weighted by Crippen LogP contribution is 2.38. The topological polar surface area (TPSA) is 63.2 Å². The van der Waals surface area contributed by atoms with Crippen molar-refractivity contribution in [2.45, 2.75) is 46.0 Å². The van der Waals surface area contributed by atoms with Crippen molar-refractivity contribution in [3.8, 4) is 17.2 Å². The summed E-state index contributed by atoms with van der Waals surface area (Å²) < 4.78 is 15.6. The minimum atomic E-state index is -0.623. The molecule has 0 saturated heterocycles. The summed E-state index contributed by atoms with van der Waals surface area (Å²) in [7, 11) is 4.46. The lowest BCUT2D eigenvalue weighted by molar-refractivity contribution is -0.233. The number of hydrogen-bond acceptors (Lipinski definition) is 6. The van der Waals surface area contributed by atoms with Gasteiger partial charge in [0, 0.05) is 0 Å². The molecule has 1 radical (unpaired) electrons. The van der Waals surface area contributed by atoms with E-state index in [1.54, 1.807) is 6.92 Å². The SMILES string of the molecule is CCCCCC[C](C)OOC(=O)c1cc(OC)c(OC)c(OC)c1. The van der Waals surface area contributed by atoms with Gasteiger partial charge in [0.15, 0.2) is 11.5 Å². The van der Waals surface area contributed by atoms with E-state index in [4.69, 9.17) is 24.0 Å². The summed E-state index contributed by atoms with van der Waals surface area (Å²) in [5.74, 6) is 0.548. The van der Waals surface area contributed by atoms with Crippen LogP contribution in [0.25, 0.3) is 0 Å². The van der Waals surface area contributed by atoms with Gasteiger partial charge in [0.25, 0.3) is 0 Å². The van der Waals surface area contributed by atoms with E-state index in [0.717, 1.165) is 19.3 Å². The Morgan fingerprint density at radius 1 is 0.917 bits per heavy atom. The van der Waals surface area contributed by atoms with Crippen LogP contribution in [0.15, 0.2) is 12.1 Å². The van der Waals surface area contributed by atoms with Crippen molar-refractivity contribution in [3.05, 3.63) is 23.8 Å². The van der Waals surface area contributed by atoms with Crippen molar-refractivity contribution < 1.29 is 28.8 Å². The molecule has 6 heteroatoms. The van der Waals surface area contributed by atoms with E-state index in [0.29, 0.717) is 23.4 Å². The number of hydrogen-bond donors (Lipinski definition) is 0. The zero-order chi connectivity index (χ0) is 17.9. The second-order valence-corrected chi connectivity index (χ2v) is 5.38. The van der Waals surface area contributed by atoms with Gasteiger partial charge in [-0.3, -0.25) is 4.89 Å². The lowest BCUT2D eigenvalue weighted by Gasteiger charge is -2.14. The molecular formula is C18H27O6. The van der Waals surface area contributed by atoms with Gasteiger partial charge in [0.2, 0.25) is 5.75 Å². The Bertz CT molecular complexity index is 489. The molecule has 24 heavy (non-hydrogen) atoms. The van der Waals surface area contributed by atoms with Crippen LogP contribution >= 0.6 is 0 Å². The smallest absolute Gasteiger partial charge is 0.373 e. The predicted molar refractivity (Wildman–Crippen MR) is 90.3 cm³/mol. The van der Waals surface area contributed by atoms with Gasteiger partial charge in [0.05, 0.1) is 26.9 Å². The molecule has 0 saturated carbocycles. The van der Waals surface area contributed by atoms with E-state index in [2.05, 4.69) is 6.92 Å². The van der Waals surface area contributed by atoms with Gasteiger partial charge in [-0.25, -0.2) is 4.79 Å². The van der Waals surface area contributed by atoms with E-state index in [9.17, 15) is 4.79 Å². The molecule has 1 aromatic carbocycles. The fourth-order valence-electron chi connectivity index (χ4n) is 2.20. The van der Waals surface area contributed by atoms with E-state index in [-0.39, 0.29) is 5.56 Å². The highest BCUT2D eigenvalue weighted by Gasteiger charge is 2.19. The minimum absolute atomic E-state index is 0.253. The number of rotatable bonds is 11. The third-order valence-electron chi connectivity index (χ3n) is 3.54. The Morgan fingerprint density at radius 3 is 2.04 bits per heavy atom. The summed E-state index contributed by atoms with van der Waals surface area (Å²) >= 11 is 0. The van der Waals surface area contributed by atoms with Crippen LogP contribution in [-0.2, 0) is 9.78 Å². The molecule has 0 amide bonds. The monoisotopic (exact) mass is 339 g/mol. The standard InChI is InChI=1S/C18H27O6/c1-6-7-8-9-10-13(2)23-24-18(19)14-11-15(20-3)17(22-5)16(12-14)21-4/h11-12H,6-10H2,1-5H3. The molecule has 135 valence electrons. The quantitative estimate of drug-likeness (QED) is 0.340. The molecule has 0 spiro atoms. The fourth-order valence-corrected chi connectivity index (χ4v) is 2.20. The molecule has 0 N–H and O–H groups in total. The van der Waals surface area contributed by atoms with Gasteiger partial charge in [-0.2, -0.15) is 4.89 Å². The normalized spacial score (nSPS) is 10.6. The summed E-state index contributed by atoms with van der Waals surface area (Å²) in [6.07, 6.45) is 5.96. The molecule has 0 aliphatic heterocycles. The van der Waals surface area contributed by atoms with Crippen LogP contribution in [0, 0.1) is 6.10 Å². The van der Waals surface area contributed by atoms with Crippen molar-refractivity contribution in [1.82, 2.24) is 0 Å². The van der Waals surface area contributed by atoms with Crippen LogP contribution in [0.2, 0.25) is 0 Å². The van der Waals surface area contributed by atoms with Crippen molar-refractivity contribution in [2.75, 3.05) is 21.3 Å². The van der Waals surface area contributed by atoms with Gasteiger partial charge in [-0.1, -0.05) is 32.6 Å². The molecular weight excluding hydrogens is 312 g/mol. The Kier molecular flexibility index (Phi) is 9.01. The Labute approximate surface area is 143 Å². The summed E-state index contributed by atoms with van der Waals surface area (Å²) in [6, 6.07) is 3.03. The average molecular weight is 339 g/mol. The van der Waals surface area contributed by atoms with Gasteiger partial charge in [-0.05, 0) is 25.5 Å². The summed E-state index contributed by atoms with van der Waals surface area (Å²) in [6.45, 7) is 3.96. The number of benzene rings is 1. The first-order valence-corrected chi connectivity index (χ1v) is 8.08. The maximum Gasteiger partial charge on any atom is 0.373 e. The van der Waals surface area contributed by atoms with Crippen molar-refractivity contribution >= 4 is 5.97 Å². The maximum absolute atomic E-state index is 12.1. The summed E-state index contributed by atoms with van der Waals surface area (Å²) in [5.41, 5.74) is 0.253. The van der Waals surface area contributed by atoms with Crippen LogP contribution in [0.1, 0.15) is 56.3 Å². The lowest BCUT2D eigenvalue weighted by atomic mass is 10.1. The first-order valence-electron chi connectivity index (χ1n) is 8.08. The molecule has 0 aromatic heterocycles. The van der Waals surface area contributed by atoms with Gasteiger partial charge < -0.3 is 14.2 Å². The molecule has 6 nitrogen and oxygen atoms in total. The van der Waals surface area contributed by atoms with Crippen LogP contribution in [0.5, 0.6) is 17.2 Å². The summed E-state index contributed by atoms with van der Waals surface area (Å²) in [5, 5.41) is 0. The minimum Gasteiger partial charge on any atom is -0.493 e. The Morgan fingerprint density at radius 2 is 1.54 bits per heavy atom. The molecule has 0 bridgehead atoms. The molecule has 1 rings (SSSR count). The highest BCUT2D eigenvalue weighted by atomic mass is 17.2. The van der Waals surface area contributed by atoms with Crippen LogP contribution in [-0.4, -0.2) is 27.3 Å². The second-order valence-electron chi connectivity index (χ2n) is 5.38. The third kappa shape index (κ3) is 5.92. The van der Waals surface area contributed by atoms with E-state index in [1.807, 2.05) is 0 Å².